The lowest BCUT2D eigenvalue weighted by atomic mass is 10.1. The molecule has 1 aromatic rings. The van der Waals surface area contributed by atoms with Gasteiger partial charge in [0.05, 0.1) is 19.1 Å². The van der Waals surface area contributed by atoms with Crippen LogP contribution in [0.2, 0.25) is 0 Å². The zero-order valence-corrected chi connectivity index (χ0v) is 24.6. The number of benzene rings is 1. The Bertz CT molecular complexity index is 634. The lowest BCUT2D eigenvalue weighted by molar-refractivity contribution is -0.148. The highest BCUT2D eigenvalue weighted by atomic mass is 35.5. The van der Waals surface area contributed by atoms with Crippen LogP contribution < -0.4 is 5.32 Å². The fourth-order valence-corrected chi connectivity index (χ4v) is 2.77. The van der Waals surface area contributed by atoms with E-state index in [9.17, 15) is 14.4 Å². The molecule has 0 saturated heterocycles. The van der Waals surface area contributed by atoms with Gasteiger partial charge in [0.15, 0.2) is 0 Å². The number of carbonyl (C=O) groups is 3. The van der Waals surface area contributed by atoms with Gasteiger partial charge in [0.1, 0.15) is 12.6 Å². The summed E-state index contributed by atoms with van der Waals surface area (Å²) in [4.78, 5) is 32.5. The van der Waals surface area contributed by atoms with E-state index in [0.29, 0.717) is 31.6 Å². The zero-order valence-electron chi connectivity index (χ0n) is 22.2. The van der Waals surface area contributed by atoms with Crippen molar-refractivity contribution in [3.05, 3.63) is 35.9 Å². The van der Waals surface area contributed by atoms with Crippen molar-refractivity contribution in [2.24, 2.45) is 5.92 Å². The molecular formula is C26H44Cl3NO6. The highest BCUT2D eigenvalue weighted by Gasteiger charge is 2.12. The molecule has 10 heteroatoms. The molecule has 0 spiro atoms. The summed E-state index contributed by atoms with van der Waals surface area (Å²) in [5.74, 6) is 0.777. The van der Waals surface area contributed by atoms with Gasteiger partial charge in [0.25, 0.3) is 0 Å². The smallest absolute Gasteiger partial charge is 0.322 e. The van der Waals surface area contributed by atoms with Crippen molar-refractivity contribution in [2.45, 2.75) is 73.0 Å². The number of esters is 3. The van der Waals surface area contributed by atoms with E-state index in [4.69, 9.17) is 37.4 Å². The molecule has 0 unspecified atom stereocenters. The van der Waals surface area contributed by atoms with E-state index in [0.717, 1.165) is 37.8 Å². The van der Waals surface area contributed by atoms with Crippen LogP contribution in [0, 0.1) is 5.92 Å². The van der Waals surface area contributed by atoms with Gasteiger partial charge in [0.2, 0.25) is 0 Å². The molecule has 0 fully saturated rings. The normalized spacial score (nSPS) is 11.2. The minimum absolute atomic E-state index is 0. The third-order valence-electron chi connectivity index (χ3n) is 4.40. The van der Waals surface area contributed by atoms with Crippen LogP contribution in [0.1, 0.15) is 65.9 Å². The van der Waals surface area contributed by atoms with Crippen molar-refractivity contribution in [1.82, 2.24) is 5.32 Å². The number of unbranched alkanes of at least 4 members (excludes halogenated alkanes) is 1. The van der Waals surface area contributed by atoms with Gasteiger partial charge in [-0.25, -0.2) is 0 Å². The molecule has 7 nitrogen and oxygen atoms in total. The Balaban J connectivity index is -0.000000448. The summed E-state index contributed by atoms with van der Waals surface area (Å²) in [7, 11) is 0. The number of hydrogen-bond acceptors (Lipinski definition) is 7. The summed E-state index contributed by atoms with van der Waals surface area (Å²) in [5, 5.41) is 3.01. The summed E-state index contributed by atoms with van der Waals surface area (Å²) >= 11 is 11.0. The second-order valence-corrected chi connectivity index (χ2v) is 8.33. The van der Waals surface area contributed by atoms with E-state index in [1.165, 1.54) is 6.92 Å². The molecule has 0 aliphatic heterocycles. The van der Waals surface area contributed by atoms with Gasteiger partial charge in [-0.2, -0.15) is 0 Å². The van der Waals surface area contributed by atoms with Crippen LogP contribution in [-0.4, -0.2) is 55.5 Å². The van der Waals surface area contributed by atoms with Crippen molar-refractivity contribution in [3.8, 4) is 0 Å². The molecule has 0 aromatic heterocycles. The van der Waals surface area contributed by atoms with Crippen molar-refractivity contribution in [2.75, 3.05) is 31.5 Å². The molecule has 210 valence electrons. The third-order valence-corrected chi connectivity index (χ3v) is 4.93. The summed E-state index contributed by atoms with van der Waals surface area (Å²) in [6.07, 6.45) is 3.73. The fraction of sp³-hybridized carbons (Fsp3) is 0.654. The molecule has 0 bridgehead atoms. The van der Waals surface area contributed by atoms with Crippen molar-refractivity contribution >= 4 is 53.5 Å². The van der Waals surface area contributed by atoms with Gasteiger partial charge in [-0.05, 0) is 52.1 Å². The van der Waals surface area contributed by atoms with Crippen LogP contribution in [0.15, 0.2) is 30.3 Å². The number of alkyl halides is 2. The Morgan fingerprint density at radius 3 is 1.92 bits per heavy atom. The molecule has 1 rings (SSSR count). The maximum Gasteiger partial charge on any atom is 0.322 e. The second-order valence-electron chi connectivity index (χ2n) is 7.57. The maximum atomic E-state index is 11.1. The standard InChI is InChI=1S/C9H17ClO2.C9H10O2.C8H16ClNO2.ClH/c1-3-12-9(11)8(2)6-4-5-7-10;1-8(10)11-7-9-5-3-2-4-6-9;1-3-12-8(11)7(2)10-6-4-5-9;/h8H,3-7H2,1-2H3;2-6H,7H2,1H3;7,10H,3-6H2,1-2H3;1H/t8-;;7-;/m0.1./s1. The number of rotatable bonds is 14. The first kappa shape index (κ1) is 39.0. The molecule has 0 heterocycles. The minimum atomic E-state index is -0.242. The molecule has 0 aliphatic carbocycles. The first-order chi connectivity index (χ1) is 16.7. The number of hydrogen-bond donors (Lipinski definition) is 1. The zero-order chi connectivity index (χ0) is 26.9. The predicted octanol–water partition coefficient (Wildman–Crippen LogP) is 5.92. The topological polar surface area (TPSA) is 90.9 Å². The van der Waals surface area contributed by atoms with Gasteiger partial charge in [0, 0.05) is 18.7 Å². The average Bonchev–Trinajstić information content (AvgIpc) is 2.84. The average molecular weight is 573 g/mol. The second kappa shape index (κ2) is 28.0. The SMILES string of the molecule is CC(=O)OCc1ccccc1.CCOC(=O)[C@@H](C)CCCCCl.CCOC(=O)[C@@H](C)NCCCCl.Cl. The van der Waals surface area contributed by atoms with Gasteiger partial charge >= 0.3 is 17.9 Å². The van der Waals surface area contributed by atoms with Gasteiger partial charge in [-0.1, -0.05) is 43.7 Å². The summed E-state index contributed by atoms with van der Waals surface area (Å²) in [5.41, 5.74) is 1.02. The molecular weight excluding hydrogens is 529 g/mol. The van der Waals surface area contributed by atoms with Crippen molar-refractivity contribution < 1.29 is 28.6 Å². The van der Waals surface area contributed by atoms with Crippen molar-refractivity contribution in [1.29, 1.82) is 0 Å². The molecule has 0 aliphatic rings. The molecule has 0 amide bonds. The van der Waals surface area contributed by atoms with Gasteiger partial charge in [-0.15, -0.1) is 35.6 Å². The summed E-state index contributed by atoms with van der Waals surface area (Å²) in [6, 6.07) is 9.37. The van der Waals surface area contributed by atoms with E-state index in [2.05, 4.69) is 5.32 Å². The Labute approximate surface area is 233 Å². The molecule has 0 saturated carbocycles. The first-order valence-corrected chi connectivity index (χ1v) is 13.2. The molecule has 36 heavy (non-hydrogen) atoms. The van der Waals surface area contributed by atoms with Crippen LogP contribution in [0.25, 0.3) is 0 Å². The molecule has 0 radical (unpaired) electrons. The third kappa shape index (κ3) is 25.5. The van der Waals surface area contributed by atoms with E-state index >= 15 is 0 Å². The van der Waals surface area contributed by atoms with Gasteiger partial charge in [-0.3, -0.25) is 14.4 Å². The lowest BCUT2D eigenvalue weighted by Gasteiger charge is -2.11. The summed E-state index contributed by atoms with van der Waals surface area (Å²) < 4.78 is 14.5. The number of carbonyl (C=O) groups excluding carboxylic acids is 3. The lowest BCUT2D eigenvalue weighted by Crippen LogP contribution is -2.36. The van der Waals surface area contributed by atoms with E-state index < -0.39 is 0 Å². The molecule has 1 aromatic carbocycles. The fourth-order valence-electron chi connectivity index (χ4n) is 2.44. The quantitative estimate of drug-likeness (QED) is 0.128. The van der Waals surface area contributed by atoms with Crippen LogP contribution in [-0.2, 0) is 35.2 Å². The highest BCUT2D eigenvalue weighted by molar-refractivity contribution is 6.18. The molecule has 2 atom stereocenters. The number of halogens is 3. The Hall–Kier alpha value is -1.54. The number of nitrogens with one attached hydrogen (secondary N) is 1. The number of ether oxygens (including phenoxy) is 3. The van der Waals surface area contributed by atoms with E-state index in [1.807, 2.05) is 44.2 Å². The van der Waals surface area contributed by atoms with Gasteiger partial charge < -0.3 is 19.5 Å². The summed E-state index contributed by atoms with van der Waals surface area (Å²) in [6.45, 7) is 10.7. The Kier molecular flexibility index (Phi) is 30.4. The minimum Gasteiger partial charge on any atom is -0.466 e. The highest BCUT2D eigenvalue weighted by Crippen LogP contribution is 2.10. The Morgan fingerprint density at radius 1 is 0.861 bits per heavy atom. The maximum absolute atomic E-state index is 11.1. The van der Waals surface area contributed by atoms with E-state index in [-0.39, 0.29) is 42.3 Å². The van der Waals surface area contributed by atoms with Crippen LogP contribution >= 0.6 is 35.6 Å². The van der Waals surface area contributed by atoms with Crippen LogP contribution in [0.4, 0.5) is 0 Å². The van der Waals surface area contributed by atoms with E-state index in [1.54, 1.807) is 13.8 Å². The largest absolute Gasteiger partial charge is 0.466 e. The monoisotopic (exact) mass is 571 g/mol. The Morgan fingerprint density at radius 2 is 1.42 bits per heavy atom. The van der Waals surface area contributed by atoms with Crippen LogP contribution in [0.3, 0.4) is 0 Å². The first-order valence-electron chi connectivity index (χ1n) is 12.1. The van der Waals surface area contributed by atoms with Crippen LogP contribution in [0.5, 0.6) is 0 Å². The molecule has 1 N–H and O–H groups in total. The van der Waals surface area contributed by atoms with Crippen molar-refractivity contribution in [3.63, 3.8) is 0 Å². The predicted molar refractivity (Wildman–Crippen MR) is 149 cm³/mol.